The van der Waals surface area contributed by atoms with Gasteiger partial charge in [-0.2, -0.15) is 0 Å². The zero-order valence-electron chi connectivity index (χ0n) is 15.5. The number of fused-ring (bicyclic) bond motifs is 1. The number of thiophene rings is 1. The highest BCUT2D eigenvalue weighted by molar-refractivity contribution is 7.12. The maximum atomic E-state index is 5.48. The predicted octanol–water partition coefficient (Wildman–Crippen LogP) is 3.31. The molecule has 2 aliphatic rings. The van der Waals surface area contributed by atoms with Crippen molar-refractivity contribution in [3.8, 4) is 0 Å². The Bertz CT molecular complexity index is 587. The minimum absolute atomic E-state index is 0.457. The molecule has 0 aromatic carbocycles. The highest BCUT2D eigenvalue weighted by atomic mass is 32.1. The van der Waals surface area contributed by atoms with Crippen LogP contribution in [0.1, 0.15) is 42.0 Å². The van der Waals surface area contributed by atoms with Gasteiger partial charge in [0.25, 0.3) is 0 Å². The average Bonchev–Trinajstić information content (AvgIpc) is 3.15. The molecule has 0 spiro atoms. The van der Waals surface area contributed by atoms with Gasteiger partial charge < -0.3 is 15.0 Å². The fourth-order valence-electron chi connectivity index (χ4n) is 3.78. The van der Waals surface area contributed by atoms with Crippen LogP contribution < -0.4 is 5.32 Å². The Hall–Kier alpha value is -1.07. The molecule has 4 nitrogen and oxygen atoms in total. The van der Waals surface area contributed by atoms with Crippen LogP contribution in [0.25, 0.3) is 0 Å². The van der Waals surface area contributed by atoms with Crippen molar-refractivity contribution in [1.82, 2.24) is 10.2 Å². The average molecular weight is 350 g/mol. The van der Waals surface area contributed by atoms with Crippen LogP contribution in [-0.4, -0.2) is 44.7 Å². The SMILES string of the molecule is CN=C(NCc1cc2c(s1)CCC(C)(C)C2)N(C)CC1CCOC1. The van der Waals surface area contributed by atoms with E-state index >= 15 is 0 Å². The Balaban J connectivity index is 1.55. The molecule has 1 aromatic heterocycles. The third kappa shape index (κ3) is 4.31. The lowest BCUT2D eigenvalue weighted by molar-refractivity contribution is 0.181. The molecule has 1 unspecified atom stereocenters. The fourth-order valence-corrected chi connectivity index (χ4v) is 4.91. The first kappa shape index (κ1) is 17.7. The Morgan fingerprint density at radius 1 is 1.50 bits per heavy atom. The van der Waals surface area contributed by atoms with Gasteiger partial charge in [-0.25, -0.2) is 0 Å². The van der Waals surface area contributed by atoms with Crippen molar-refractivity contribution >= 4 is 17.3 Å². The van der Waals surface area contributed by atoms with Crippen LogP contribution in [0.3, 0.4) is 0 Å². The van der Waals surface area contributed by atoms with E-state index in [0.29, 0.717) is 11.3 Å². The number of nitrogens with one attached hydrogen (secondary N) is 1. The molecule has 1 saturated heterocycles. The highest BCUT2D eigenvalue weighted by Crippen LogP contribution is 2.38. The lowest BCUT2D eigenvalue weighted by atomic mass is 9.77. The van der Waals surface area contributed by atoms with Crippen molar-refractivity contribution in [2.24, 2.45) is 16.3 Å². The summed E-state index contributed by atoms with van der Waals surface area (Å²) in [6.07, 6.45) is 4.93. The van der Waals surface area contributed by atoms with Crippen molar-refractivity contribution in [2.75, 3.05) is 33.9 Å². The summed E-state index contributed by atoms with van der Waals surface area (Å²) in [6.45, 7) is 8.44. The normalized spacial score (nSPS) is 23.2. The standard InChI is InChI=1S/C19H31N3OS/c1-19(2)7-5-17-15(10-19)9-16(24-17)11-21-18(20-3)22(4)12-14-6-8-23-13-14/h9,14H,5-8,10-13H2,1-4H3,(H,20,21). The van der Waals surface area contributed by atoms with Gasteiger partial charge in [0.15, 0.2) is 5.96 Å². The molecule has 0 bridgehead atoms. The molecule has 0 radical (unpaired) electrons. The summed E-state index contributed by atoms with van der Waals surface area (Å²) in [7, 11) is 3.99. The van der Waals surface area contributed by atoms with E-state index in [-0.39, 0.29) is 0 Å². The monoisotopic (exact) mass is 349 g/mol. The maximum absolute atomic E-state index is 5.48. The van der Waals surface area contributed by atoms with Crippen molar-refractivity contribution in [2.45, 2.75) is 46.1 Å². The van der Waals surface area contributed by atoms with Gasteiger partial charge in [0.2, 0.25) is 0 Å². The topological polar surface area (TPSA) is 36.9 Å². The summed E-state index contributed by atoms with van der Waals surface area (Å²) in [5, 5.41) is 3.53. The number of guanidine groups is 1. The van der Waals surface area contributed by atoms with Crippen molar-refractivity contribution in [3.05, 3.63) is 21.4 Å². The van der Waals surface area contributed by atoms with E-state index in [1.54, 1.807) is 10.4 Å². The van der Waals surface area contributed by atoms with E-state index in [4.69, 9.17) is 4.74 Å². The molecule has 1 aliphatic carbocycles. The molecule has 3 rings (SSSR count). The molecular weight excluding hydrogens is 318 g/mol. The van der Waals surface area contributed by atoms with E-state index in [9.17, 15) is 0 Å². The van der Waals surface area contributed by atoms with Crippen LogP contribution in [0.5, 0.6) is 0 Å². The van der Waals surface area contributed by atoms with Crippen LogP contribution in [-0.2, 0) is 24.1 Å². The maximum Gasteiger partial charge on any atom is 0.193 e. The van der Waals surface area contributed by atoms with Gasteiger partial charge in [0, 0.05) is 42.9 Å². The number of aryl methyl sites for hydroxylation is 1. The molecule has 5 heteroatoms. The molecule has 1 fully saturated rings. The van der Waals surface area contributed by atoms with E-state index in [1.165, 1.54) is 24.1 Å². The number of ether oxygens (including phenoxy) is 1. The van der Waals surface area contributed by atoms with Gasteiger partial charge >= 0.3 is 0 Å². The number of nitrogens with zero attached hydrogens (tertiary/aromatic N) is 2. The number of hydrogen-bond donors (Lipinski definition) is 1. The zero-order valence-corrected chi connectivity index (χ0v) is 16.3. The highest BCUT2D eigenvalue weighted by Gasteiger charge is 2.27. The minimum atomic E-state index is 0.457. The molecule has 134 valence electrons. The fraction of sp³-hybridized carbons (Fsp3) is 0.737. The third-order valence-electron chi connectivity index (χ3n) is 5.20. The van der Waals surface area contributed by atoms with Gasteiger partial charge in [0.05, 0.1) is 13.2 Å². The molecular formula is C19H31N3OS. The lowest BCUT2D eigenvalue weighted by Crippen LogP contribution is -2.41. The third-order valence-corrected chi connectivity index (χ3v) is 6.43. The van der Waals surface area contributed by atoms with Gasteiger partial charge in [0.1, 0.15) is 0 Å². The summed E-state index contributed by atoms with van der Waals surface area (Å²) in [5.41, 5.74) is 2.03. The Kier molecular flexibility index (Phi) is 5.50. The largest absolute Gasteiger partial charge is 0.381 e. The number of aliphatic imine (C=N–C) groups is 1. The van der Waals surface area contributed by atoms with Gasteiger partial charge in [-0.15, -0.1) is 11.3 Å². The quantitative estimate of drug-likeness (QED) is 0.669. The Labute approximate surface area is 150 Å². The number of hydrogen-bond acceptors (Lipinski definition) is 3. The smallest absolute Gasteiger partial charge is 0.193 e. The second kappa shape index (κ2) is 7.44. The second-order valence-corrected chi connectivity index (χ2v) is 9.23. The summed E-state index contributed by atoms with van der Waals surface area (Å²) in [6, 6.07) is 2.41. The molecule has 2 heterocycles. The van der Waals surface area contributed by atoms with Crippen LogP contribution in [0.15, 0.2) is 11.1 Å². The van der Waals surface area contributed by atoms with Gasteiger partial charge in [-0.1, -0.05) is 13.8 Å². The van der Waals surface area contributed by atoms with E-state index in [2.05, 4.69) is 42.2 Å². The molecule has 24 heavy (non-hydrogen) atoms. The Morgan fingerprint density at radius 2 is 2.33 bits per heavy atom. The minimum Gasteiger partial charge on any atom is -0.381 e. The van der Waals surface area contributed by atoms with Crippen molar-refractivity contribution in [1.29, 1.82) is 0 Å². The first-order valence-corrected chi connectivity index (χ1v) is 9.88. The van der Waals surface area contributed by atoms with E-state index < -0.39 is 0 Å². The van der Waals surface area contributed by atoms with Crippen LogP contribution in [0, 0.1) is 11.3 Å². The van der Waals surface area contributed by atoms with E-state index in [0.717, 1.165) is 38.7 Å². The molecule has 1 aliphatic heterocycles. The summed E-state index contributed by atoms with van der Waals surface area (Å²) < 4.78 is 5.48. The van der Waals surface area contributed by atoms with Crippen LogP contribution in [0.2, 0.25) is 0 Å². The van der Waals surface area contributed by atoms with Crippen LogP contribution in [0.4, 0.5) is 0 Å². The van der Waals surface area contributed by atoms with Gasteiger partial charge in [-0.3, -0.25) is 4.99 Å². The molecule has 0 saturated carbocycles. The predicted molar refractivity (Wildman–Crippen MR) is 102 cm³/mol. The zero-order chi connectivity index (χ0) is 17.2. The Morgan fingerprint density at radius 3 is 3.04 bits per heavy atom. The van der Waals surface area contributed by atoms with Crippen molar-refractivity contribution in [3.63, 3.8) is 0 Å². The molecule has 1 aromatic rings. The second-order valence-electron chi connectivity index (χ2n) is 8.01. The lowest BCUT2D eigenvalue weighted by Gasteiger charge is -2.29. The molecule has 1 N–H and O–H groups in total. The van der Waals surface area contributed by atoms with Crippen LogP contribution >= 0.6 is 11.3 Å². The summed E-state index contributed by atoms with van der Waals surface area (Å²) in [5.74, 6) is 1.61. The van der Waals surface area contributed by atoms with Crippen molar-refractivity contribution < 1.29 is 4.74 Å². The summed E-state index contributed by atoms with van der Waals surface area (Å²) in [4.78, 5) is 9.70. The van der Waals surface area contributed by atoms with E-state index in [1.807, 2.05) is 18.4 Å². The summed E-state index contributed by atoms with van der Waals surface area (Å²) >= 11 is 1.98. The first-order chi connectivity index (χ1) is 11.5. The first-order valence-electron chi connectivity index (χ1n) is 9.07. The molecule has 1 atom stereocenters. The van der Waals surface area contributed by atoms with Gasteiger partial charge in [-0.05, 0) is 42.7 Å². The molecule has 0 amide bonds. The number of rotatable bonds is 4.